The number of halogens is 1. The van der Waals surface area contributed by atoms with Gasteiger partial charge in [-0.3, -0.25) is 0 Å². The summed E-state index contributed by atoms with van der Waals surface area (Å²) in [7, 11) is -2.55. The molecule has 0 bridgehead atoms. The predicted molar refractivity (Wildman–Crippen MR) is 79.0 cm³/mol. The zero-order valence-corrected chi connectivity index (χ0v) is 14.1. The number of hydrogen-bond acceptors (Lipinski definition) is 3. The monoisotopic (exact) mass is 296 g/mol. The topological polar surface area (TPSA) is 27.7 Å². The Morgan fingerprint density at radius 3 is 1.94 bits per heavy atom. The molecule has 110 valence electrons. The van der Waals surface area contributed by atoms with Gasteiger partial charge in [0.05, 0.1) is 0 Å². The fourth-order valence-electron chi connectivity index (χ4n) is 1.95. The molecule has 0 aliphatic carbocycles. The molecule has 0 amide bonds. The second-order valence-electron chi connectivity index (χ2n) is 4.37. The standard InChI is InChI=1S/C13H29ClO3Si/c1-5-8-9-10-11-12-18(15-6-2,16-7-3)17-13(4)14/h13H,5-12H2,1-4H3. The van der Waals surface area contributed by atoms with Crippen LogP contribution in [0.4, 0.5) is 0 Å². The second-order valence-corrected chi connectivity index (χ2v) is 7.67. The summed E-state index contributed by atoms with van der Waals surface area (Å²) in [5.74, 6) is 0. The molecule has 1 unspecified atom stereocenters. The highest BCUT2D eigenvalue weighted by Crippen LogP contribution is 2.23. The second kappa shape index (κ2) is 11.2. The predicted octanol–water partition coefficient (Wildman–Crippen LogP) is 4.57. The minimum absolute atomic E-state index is 0.356. The molecule has 18 heavy (non-hydrogen) atoms. The first kappa shape index (κ1) is 18.4. The molecule has 3 nitrogen and oxygen atoms in total. The molecule has 0 aromatic carbocycles. The first-order chi connectivity index (χ1) is 8.60. The van der Waals surface area contributed by atoms with Crippen LogP contribution in [0.25, 0.3) is 0 Å². The minimum atomic E-state index is -2.55. The van der Waals surface area contributed by atoms with E-state index in [0.717, 1.165) is 12.5 Å². The molecule has 0 spiro atoms. The van der Waals surface area contributed by atoms with Crippen molar-refractivity contribution in [1.82, 2.24) is 0 Å². The van der Waals surface area contributed by atoms with Crippen LogP contribution >= 0.6 is 11.6 Å². The van der Waals surface area contributed by atoms with Crippen LogP contribution in [0.2, 0.25) is 6.04 Å². The van der Waals surface area contributed by atoms with Gasteiger partial charge in [-0.2, -0.15) is 0 Å². The van der Waals surface area contributed by atoms with Gasteiger partial charge in [-0.05, 0) is 27.2 Å². The molecule has 0 N–H and O–H groups in total. The van der Waals surface area contributed by atoms with Crippen molar-refractivity contribution < 1.29 is 13.3 Å². The summed E-state index contributed by atoms with van der Waals surface area (Å²) in [6, 6.07) is 0.870. The van der Waals surface area contributed by atoms with Gasteiger partial charge in [0.15, 0.2) is 0 Å². The molecule has 0 saturated carbocycles. The third-order valence-corrected chi connectivity index (χ3v) is 6.03. The van der Waals surface area contributed by atoms with E-state index < -0.39 is 8.80 Å². The summed E-state index contributed by atoms with van der Waals surface area (Å²) in [5, 5.41) is 0. The Kier molecular flexibility index (Phi) is 11.5. The Hall–Kier alpha value is 0.387. The van der Waals surface area contributed by atoms with E-state index in [1.165, 1.54) is 25.7 Å². The van der Waals surface area contributed by atoms with E-state index in [2.05, 4.69) is 6.92 Å². The quantitative estimate of drug-likeness (QED) is 0.300. The van der Waals surface area contributed by atoms with E-state index in [1.807, 2.05) is 20.8 Å². The SMILES string of the molecule is CCCCCCC[Si](OCC)(OCC)OC(C)Cl. The normalized spacial score (nSPS) is 13.8. The van der Waals surface area contributed by atoms with Gasteiger partial charge in [0.2, 0.25) is 0 Å². The van der Waals surface area contributed by atoms with Gasteiger partial charge in [0, 0.05) is 19.3 Å². The van der Waals surface area contributed by atoms with Crippen molar-refractivity contribution in [2.75, 3.05) is 13.2 Å². The van der Waals surface area contributed by atoms with Crippen LogP contribution in [-0.4, -0.2) is 27.6 Å². The summed E-state index contributed by atoms with van der Waals surface area (Å²) in [5.41, 5.74) is -0.356. The van der Waals surface area contributed by atoms with Crippen LogP contribution in [0, 0.1) is 0 Å². The summed E-state index contributed by atoms with van der Waals surface area (Å²) < 4.78 is 17.4. The van der Waals surface area contributed by atoms with Gasteiger partial charge in [0.1, 0.15) is 5.56 Å². The number of alkyl halides is 1. The van der Waals surface area contributed by atoms with Gasteiger partial charge in [-0.1, -0.05) is 44.2 Å². The highest BCUT2D eigenvalue weighted by molar-refractivity contribution is 6.61. The Labute approximate surface area is 119 Å². The molecule has 0 radical (unpaired) electrons. The highest BCUT2D eigenvalue weighted by atomic mass is 35.5. The Balaban J connectivity index is 4.23. The van der Waals surface area contributed by atoms with E-state index >= 15 is 0 Å². The van der Waals surface area contributed by atoms with Crippen molar-refractivity contribution >= 4 is 20.4 Å². The largest absolute Gasteiger partial charge is 0.502 e. The Bertz CT molecular complexity index is 185. The minimum Gasteiger partial charge on any atom is -0.374 e. The van der Waals surface area contributed by atoms with E-state index in [-0.39, 0.29) is 5.56 Å². The third kappa shape index (κ3) is 8.48. The molecule has 0 saturated heterocycles. The molecule has 0 rings (SSSR count). The van der Waals surface area contributed by atoms with Crippen molar-refractivity contribution in [3.05, 3.63) is 0 Å². The molecular formula is C13H29ClO3Si. The van der Waals surface area contributed by atoms with Crippen molar-refractivity contribution in [2.45, 2.75) is 71.4 Å². The molecule has 0 aromatic heterocycles. The lowest BCUT2D eigenvalue weighted by atomic mass is 10.2. The van der Waals surface area contributed by atoms with E-state index in [9.17, 15) is 0 Å². The van der Waals surface area contributed by atoms with Crippen molar-refractivity contribution in [1.29, 1.82) is 0 Å². The van der Waals surface area contributed by atoms with Gasteiger partial charge in [0.25, 0.3) is 0 Å². The zero-order chi connectivity index (χ0) is 13.9. The van der Waals surface area contributed by atoms with Gasteiger partial charge in [-0.25, -0.2) is 0 Å². The molecule has 0 aliphatic heterocycles. The number of unbranched alkanes of at least 4 members (excludes halogenated alkanes) is 4. The first-order valence-corrected chi connectivity index (χ1v) is 9.56. The molecule has 0 aliphatic rings. The number of rotatable bonds is 12. The molecule has 5 heteroatoms. The van der Waals surface area contributed by atoms with Crippen LogP contribution in [0.1, 0.15) is 59.8 Å². The smallest absolute Gasteiger partial charge is 0.374 e. The molecular weight excluding hydrogens is 268 g/mol. The fourth-order valence-corrected chi connectivity index (χ4v) is 5.04. The van der Waals surface area contributed by atoms with Crippen LogP contribution < -0.4 is 0 Å². The maximum Gasteiger partial charge on any atom is 0.502 e. The average Bonchev–Trinajstić information content (AvgIpc) is 2.28. The maximum absolute atomic E-state index is 5.95. The van der Waals surface area contributed by atoms with E-state index in [4.69, 9.17) is 24.9 Å². The van der Waals surface area contributed by atoms with Crippen LogP contribution in [0.3, 0.4) is 0 Å². The third-order valence-electron chi connectivity index (χ3n) is 2.66. The lowest BCUT2D eigenvalue weighted by molar-refractivity contribution is 0.0603. The number of hydrogen-bond donors (Lipinski definition) is 0. The van der Waals surface area contributed by atoms with Gasteiger partial charge < -0.3 is 13.3 Å². The zero-order valence-electron chi connectivity index (χ0n) is 12.3. The van der Waals surface area contributed by atoms with Gasteiger partial charge >= 0.3 is 8.80 Å². The van der Waals surface area contributed by atoms with E-state index in [1.54, 1.807) is 0 Å². The first-order valence-electron chi connectivity index (χ1n) is 7.20. The highest BCUT2D eigenvalue weighted by Gasteiger charge is 2.41. The van der Waals surface area contributed by atoms with E-state index in [0.29, 0.717) is 13.2 Å². The van der Waals surface area contributed by atoms with Crippen molar-refractivity contribution in [3.8, 4) is 0 Å². The molecule has 0 fully saturated rings. The van der Waals surface area contributed by atoms with Crippen LogP contribution in [0.15, 0.2) is 0 Å². The Morgan fingerprint density at radius 1 is 0.944 bits per heavy atom. The Morgan fingerprint density at radius 2 is 1.50 bits per heavy atom. The summed E-state index contributed by atoms with van der Waals surface area (Å²) >= 11 is 5.95. The van der Waals surface area contributed by atoms with Crippen LogP contribution in [-0.2, 0) is 13.3 Å². The summed E-state index contributed by atoms with van der Waals surface area (Å²) in [6.07, 6.45) is 6.13. The van der Waals surface area contributed by atoms with Crippen molar-refractivity contribution in [2.24, 2.45) is 0 Å². The lowest BCUT2D eigenvalue weighted by Crippen LogP contribution is -2.47. The van der Waals surface area contributed by atoms with Crippen LogP contribution in [0.5, 0.6) is 0 Å². The lowest BCUT2D eigenvalue weighted by Gasteiger charge is -2.30. The molecule has 0 heterocycles. The fraction of sp³-hybridized carbons (Fsp3) is 1.00. The summed E-state index contributed by atoms with van der Waals surface area (Å²) in [6.45, 7) is 9.21. The molecule has 0 aromatic rings. The summed E-state index contributed by atoms with van der Waals surface area (Å²) in [4.78, 5) is 0. The molecule has 1 atom stereocenters. The van der Waals surface area contributed by atoms with Crippen molar-refractivity contribution in [3.63, 3.8) is 0 Å². The van der Waals surface area contributed by atoms with Gasteiger partial charge in [-0.15, -0.1) is 0 Å². The average molecular weight is 297 g/mol. The maximum atomic E-state index is 5.95.